The van der Waals surface area contributed by atoms with Crippen LogP contribution in [0.1, 0.15) is 11.7 Å². The van der Waals surface area contributed by atoms with E-state index in [1.165, 1.54) is 0 Å². The van der Waals surface area contributed by atoms with Gasteiger partial charge in [-0.15, -0.1) is 0 Å². The second-order valence-electron chi connectivity index (χ2n) is 3.07. The summed E-state index contributed by atoms with van der Waals surface area (Å²) in [4.78, 5) is 13.2. The molecule has 1 amide bonds. The summed E-state index contributed by atoms with van der Waals surface area (Å²) < 4.78 is 5.13. The minimum atomic E-state index is -0.416. The predicted octanol–water partition coefficient (Wildman–Crippen LogP) is 1.35. The molecular weight excluding hydrogens is 166 g/mol. The molecule has 0 saturated carbocycles. The maximum Gasteiger partial charge on any atom is 0.260 e. The minimum absolute atomic E-state index is 0.00343. The second-order valence-corrected chi connectivity index (χ2v) is 3.07. The summed E-state index contributed by atoms with van der Waals surface area (Å²) in [7, 11) is 3.32. The summed E-state index contributed by atoms with van der Waals surface area (Å²) in [5, 5.41) is 0. The molecule has 1 aromatic carbocycles. The number of carbonyl (C=O) groups excluding carboxylic acids is 1. The van der Waals surface area contributed by atoms with Crippen LogP contribution >= 0.6 is 0 Å². The highest BCUT2D eigenvalue weighted by molar-refractivity contribution is 6.03. The smallest absolute Gasteiger partial charge is 0.260 e. The number of para-hydroxylation sites is 1. The number of hydrogen-bond acceptors (Lipinski definition) is 2. The van der Waals surface area contributed by atoms with E-state index >= 15 is 0 Å². The number of rotatable bonds is 1. The zero-order valence-corrected chi connectivity index (χ0v) is 7.65. The first-order chi connectivity index (χ1) is 6.25. The molecule has 3 nitrogen and oxygen atoms in total. The van der Waals surface area contributed by atoms with Crippen LogP contribution in [0.4, 0.5) is 5.69 Å². The SMILES string of the molecule is COC1C(=O)N(C)c2ccccc21. The van der Waals surface area contributed by atoms with Gasteiger partial charge in [-0.1, -0.05) is 18.2 Å². The molecule has 1 aromatic rings. The molecule has 0 aromatic heterocycles. The largest absolute Gasteiger partial charge is 0.367 e. The van der Waals surface area contributed by atoms with Crippen molar-refractivity contribution in [1.82, 2.24) is 0 Å². The third kappa shape index (κ3) is 1.04. The van der Waals surface area contributed by atoms with Crippen LogP contribution in [0.5, 0.6) is 0 Å². The van der Waals surface area contributed by atoms with Crippen molar-refractivity contribution >= 4 is 11.6 Å². The highest BCUT2D eigenvalue weighted by Crippen LogP contribution is 2.35. The van der Waals surface area contributed by atoms with Crippen LogP contribution in [0.25, 0.3) is 0 Å². The lowest BCUT2D eigenvalue weighted by atomic mass is 10.1. The quantitative estimate of drug-likeness (QED) is 0.648. The van der Waals surface area contributed by atoms with Gasteiger partial charge in [0.1, 0.15) is 0 Å². The topological polar surface area (TPSA) is 29.5 Å². The first-order valence-corrected chi connectivity index (χ1v) is 4.15. The number of likely N-dealkylation sites (N-methyl/N-ethyl adjacent to an activating group) is 1. The normalized spacial score (nSPS) is 20.6. The van der Waals surface area contributed by atoms with Crippen LogP contribution < -0.4 is 4.90 Å². The fourth-order valence-electron chi connectivity index (χ4n) is 1.67. The molecule has 1 aliphatic heterocycles. The number of amides is 1. The van der Waals surface area contributed by atoms with E-state index in [0.717, 1.165) is 11.3 Å². The van der Waals surface area contributed by atoms with Crippen LogP contribution in [0.2, 0.25) is 0 Å². The van der Waals surface area contributed by atoms with Gasteiger partial charge >= 0.3 is 0 Å². The Labute approximate surface area is 76.9 Å². The number of carbonyl (C=O) groups is 1. The maximum atomic E-state index is 11.6. The van der Waals surface area contributed by atoms with Crippen LogP contribution in [-0.4, -0.2) is 20.1 Å². The molecule has 0 bridgehead atoms. The summed E-state index contributed by atoms with van der Waals surface area (Å²) in [6, 6.07) is 7.68. The molecule has 1 aliphatic rings. The Kier molecular flexibility index (Phi) is 1.81. The van der Waals surface area contributed by atoms with Gasteiger partial charge < -0.3 is 9.64 Å². The summed E-state index contributed by atoms with van der Waals surface area (Å²) in [5.74, 6) is 0.00343. The minimum Gasteiger partial charge on any atom is -0.367 e. The monoisotopic (exact) mass is 177 g/mol. The molecule has 3 heteroatoms. The van der Waals surface area contributed by atoms with Gasteiger partial charge in [0, 0.05) is 25.4 Å². The van der Waals surface area contributed by atoms with Gasteiger partial charge in [-0.2, -0.15) is 0 Å². The Balaban J connectivity index is 2.53. The van der Waals surface area contributed by atoms with Gasteiger partial charge in [0.05, 0.1) is 0 Å². The molecule has 0 radical (unpaired) electrons. The van der Waals surface area contributed by atoms with Crippen molar-refractivity contribution in [3.63, 3.8) is 0 Å². The van der Waals surface area contributed by atoms with E-state index in [4.69, 9.17) is 4.74 Å². The molecule has 1 atom stereocenters. The number of methoxy groups -OCH3 is 1. The molecule has 0 N–H and O–H groups in total. The van der Waals surface area contributed by atoms with Crippen molar-refractivity contribution in [1.29, 1.82) is 0 Å². The van der Waals surface area contributed by atoms with E-state index in [9.17, 15) is 4.79 Å². The van der Waals surface area contributed by atoms with Crippen LogP contribution in [0, 0.1) is 0 Å². The summed E-state index contributed by atoms with van der Waals surface area (Å²) in [6.45, 7) is 0. The van der Waals surface area contributed by atoms with Gasteiger partial charge in [0.15, 0.2) is 6.10 Å². The number of fused-ring (bicyclic) bond motifs is 1. The molecular formula is C10H11NO2. The van der Waals surface area contributed by atoms with Gasteiger partial charge in [0.25, 0.3) is 5.91 Å². The molecule has 13 heavy (non-hydrogen) atoms. The van der Waals surface area contributed by atoms with E-state index in [1.54, 1.807) is 19.1 Å². The molecule has 2 rings (SSSR count). The lowest BCUT2D eigenvalue weighted by Gasteiger charge is -2.09. The van der Waals surface area contributed by atoms with Gasteiger partial charge in [-0.25, -0.2) is 0 Å². The third-order valence-electron chi connectivity index (χ3n) is 2.37. The van der Waals surface area contributed by atoms with Crippen molar-refractivity contribution in [2.45, 2.75) is 6.10 Å². The standard InChI is InChI=1S/C10H11NO2/c1-11-8-6-4-3-5-7(8)9(13-2)10(11)12/h3-6,9H,1-2H3. The molecule has 1 heterocycles. The average Bonchev–Trinajstić information content (AvgIpc) is 2.41. The van der Waals surface area contributed by atoms with E-state index in [1.807, 2.05) is 24.3 Å². The van der Waals surface area contributed by atoms with Crippen molar-refractivity contribution in [3.8, 4) is 0 Å². The highest BCUT2D eigenvalue weighted by atomic mass is 16.5. The maximum absolute atomic E-state index is 11.6. The van der Waals surface area contributed by atoms with Crippen LogP contribution in [-0.2, 0) is 9.53 Å². The summed E-state index contributed by atoms with van der Waals surface area (Å²) in [6.07, 6.45) is -0.416. The van der Waals surface area contributed by atoms with Gasteiger partial charge in [-0.3, -0.25) is 4.79 Å². The first-order valence-electron chi connectivity index (χ1n) is 4.15. The number of nitrogens with zero attached hydrogens (tertiary/aromatic N) is 1. The molecule has 68 valence electrons. The number of ether oxygens (including phenoxy) is 1. The zero-order chi connectivity index (χ0) is 9.42. The van der Waals surface area contributed by atoms with Crippen LogP contribution in [0.3, 0.4) is 0 Å². The van der Waals surface area contributed by atoms with Crippen molar-refractivity contribution in [3.05, 3.63) is 29.8 Å². The first kappa shape index (κ1) is 8.26. The lowest BCUT2D eigenvalue weighted by Crippen LogP contribution is -2.24. The molecule has 1 unspecified atom stereocenters. The highest BCUT2D eigenvalue weighted by Gasteiger charge is 2.34. The second kappa shape index (κ2) is 2.85. The Morgan fingerprint density at radius 3 is 2.77 bits per heavy atom. The molecule has 0 aliphatic carbocycles. The molecule has 0 saturated heterocycles. The lowest BCUT2D eigenvalue weighted by molar-refractivity contribution is -0.127. The Bertz CT molecular complexity index is 349. The zero-order valence-electron chi connectivity index (χ0n) is 7.65. The number of benzene rings is 1. The summed E-state index contributed by atoms with van der Waals surface area (Å²) >= 11 is 0. The number of hydrogen-bond donors (Lipinski definition) is 0. The van der Waals surface area contributed by atoms with Gasteiger partial charge in [0.2, 0.25) is 0 Å². The average molecular weight is 177 g/mol. The van der Waals surface area contributed by atoms with Crippen molar-refractivity contribution < 1.29 is 9.53 Å². The molecule has 0 spiro atoms. The Morgan fingerprint density at radius 1 is 1.38 bits per heavy atom. The Morgan fingerprint density at radius 2 is 2.08 bits per heavy atom. The Hall–Kier alpha value is -1.35. The van der Waals surface area contributed by atoms with Crippen molar-refractivity contribution in [2.75, 3.05) is 19.1 Å². The predicted molar refractivity (Wildman–Crippen MR) is 49.6 cm³/mol. The van der Waals surface area contributed by atoms with E-state index < -0.39 is 6.10 Å². The molecule has 0 fully saturated rings. The summed E-state index contributed by atoms with van der Waals surface area (Å²) in [5.41, 5.74) is 1.90. The van der Waals surface area contributed by atoms with Gasteiger partial charge in [-0.05, 0) is 6.07 Å². The third-order valence-corrected chi connectivity index (χ3v) is 2.37. The van der Waals surface area contributed by atoms with Crippen molar-refractivity contribution in [2.24, 2.45) is 0 Å². The van der Waals surface area contributed by atoms with E-state index in [2.05, 4.69) is 0 Å². The van der Waals surface area contributed by atoms with E-state index in [-0.39, 0.29) is 5.91 Å². The number of anilines is 1. The van der Waals surface area contributed by atoms with E-state index in [0.29, 0.717) is 0 Å². The fourth-order valence-corrected chi connectivity index (χ4v) is 1.67. The fraction of sp³-hybridized carbons (Fsp3) is 0.300. The van der Waals surface area contributed by atoms with Crippen LogP contribution in [0.15, 0.2) is 24.3 Å².